The Morgan fingerprint density at radius 2 is 2.24 bits per heavy atom. The van der Waals surface area contributed by atoms with Gasteiger partial charge < -0.3 is 9.84 Å². The number of benzene rings is 1. The molecular formula is C12H10BrNO3. The Balaban J connectivity index is 2.69. The SMILES string of the molecule is CCOc1ccc2nc(Br)cc(C(=O)O)c2c1. The van der Waals surface area contributed by atoms with E-state index in [4.69, 9.17) is 9.84 Å². The molecule has 2 aromatic rings. The normalized spacial score (nSPS) is 10.5. The van der Waals surface area contributed by atoms with Gasteiger partial charge >= 0.3 is 5.97 Å². The Morgan fingerprint density at radius 1 is 1.47 bits per heavy atom. The molecule has 1 heterocycles. The maximum Gasteiger partial charge on any atom is 0.336 e. The fraction of sp³-hybridized carbons (Fsp3) is 0.167. The van der Waals surface area contributed by atoms with Crippen LogP contribution in [0.3, 0.4) is 0 Å². The summed E-state index contributed by atoms with van der Waals surface area (Å²) in [4.78, 5) is 15.4. The van der Waals surface area contributed by atoms with Crippen LogP contribution in [0.4, 0.5) is 0 Å². The van der Waals surface area contributed by atoms with Crippen molar-refractivity contribution in [1.29, 1.82) is 0 Å². The number of carboxylic acid groups (broad SMARTS) is 1. The van der Waals surface area contributed by atoms with Gasteiger partial charge in [0.25, 0.3) is 0 Å². The molecular weight excluding hydrogens is 286 g/mol. The van der Waals surface area contributed by atoms with Crippen molar-refractivity contribution < 1.29 is 14.6 Å². The molecule has 0 bridgehead atoms. The van der Waals surface area contributed by atoms with Crippen molar-refractivity contribution >= 4 is 32.8 Å². The van der Waals surface area contributed by atoms with Crippen LogP contribution < -0.4 is 4.74 Å². The molecule has 0 aliphatic carbocycles. The van der Waals surface area contributed by atoms with Gasteiger partial charge in [0.1, 0.15) is 10.4 Å². The van der Waals surface area contributed by atoms with Gasteiger partial charge in [-0.2, -0.15) is 0 Å². The number of aromatic nitrogens is 1. The molecule has 1 aromatic heterocycles. The average molecular weight is 296 g/mol. The van der Waals surface area contributed by atoms with Gasteiger partial charge in [-0.25, -0.2) is 9.78 Å². The molecule has 5 heteroatoms. The summed E-state index contributed by atoms with van der Waals surface area (Å²) in [5.41, 5.74) is 0.837. The lowest BCUT2D eigenvalue weighted by molar-refractivity contribution is 0.0699. The topological polar surface area (TPSA) is 59.4 Å². The standard InChI is InChI=1S/C12H10BrNO3/c1-2-17-7-3-4-10-8(5-7)9(12(15)16)6-11(13)14-10/h3-6H,2H2,1H3,(H,15,16). The predicted molar refractivity (Wildman–Crippen MR) is 67.6 cm³/mol. The molecule has 1 aromatic carbocycles. The van der Waals surface area contributed by atoms with E-state index in [0.29, 0.717) is 27.9 Å². The van der Waals surface area contributed by atoms with E-state index in [1.807, 2.05) is 6.92 Å². The smallest absolute Gasteiger partial charge is 0.336 e. The number of carboxylic acids is 1. The van der Waals surface area contributed by atoms with Gasteiger partial charge in [-0.3, -0.25) is 0 Å². The first-order valence-corrected chi connectivity index (χ1v) is 5.87. The molecule has 0 amide bonds. The summed E-state index contributed by atoms with van der Waals surface area (Å²) in [7, 11) is 0. The first kappa shape index (κ1) is 11.9. The third-order valence-electron chi connectivity index (χ3n) is 2.29. The van der Waals surface area contributed by atoms with Gasteiger partial charge in [0.05, 0.1) is 17.7 Å². The van der Waals surface area contributed by atoms with Gasteiger partial charge in [0.2, 0.25) is 0 Å². The summed E-state index contributed by atoms with van der Waals surface area (Å²) in [5, 5.41) is 9.71. The molecule has 0 saturated carbocycles. The van der Waals surface area contributed by atoms with E-state index >= 15 is 0 Å². The number of fused-ring (bicyclic) bond motifs is 1. The molecule has 0 aliphatic heterocycles. The Morgan fingerprint density at radius 3 is 2.88 bits per heavy atom. The van der Waals surface area contributed by atoms with E-state index in [9.17, 15) is 4.79 Å². The molecule has 0 fully saturated rings. The number of ether oxygens (including phenoxy) is 1. The number of carbonyl (C=O) groups is 1. The second-order valence-corrected chi connectivity index (χ2v) is 4.22. The van der Waals surface area contributed by atoms with E-state index < -0.39 is 5.97 Å². The van der Waals surface area contributed by atoms with Crippen LogP contribution in [0, 0.1) is 0 Å². The highest BCUT2D eigenvalue weighted by Gasteiger charge is 2.11. The molecule has 0 radical (unpaired) electrons. The molecule has 0 aliphatic rings. The Labute approximate surface area is 106 Å². The molecule has 88 valence electrons. The van der Waals surface area contributed by atoms with Gasteiger partial charge in [0.15, 0.2) is 0 Å². The average Bonchev–Trinajstić information content (AvgIpc) is 2.28. The van der Waals surface area contributed by atoms with Crippen molar-refractivity contribution in [2.24, 2.45) is 0 Å². The fourth-order valence-corrected chi connectivity index (χ4v) is 2.03. The Hall–Kier alpha value is -1.62. The van der Waals surface area contributed by atoms with Crippen molar-refractivity contribution in [1.82, 2.24) is 4.98 Å². The van der Waals surface area contributed by atoms with E-state index in [1.165, 1.54) is 6.07 Å². The van der Waals surface area contributed by atoms with Crippen LogP contribution in [-0.4, -0.2) is 22.7 Å². The second kappa shape index (κ2) is 4.71. The van der Waals surface area contributed by atoms with E-state index in [0.717, 1.165) is 0 Å². The third kappa shape index (κ3) is 2.39. The van der Waals surface area contributed by atoms with Gasteiger partial charge in [-0.1, -0.05) is 0 Å². The molecule has 1 N–H and O–H groups in total. The van der Waals surface area contributed by atoms with Crippen LogP contribution in [0.5, 0.6) is 5.75 Å². The number of pyridine rings is 1. The summed E-state index contributed by atoms with van der Waals surface area (Å²) in [5.74, 6) is -0.335. The Bertz CT molecular complexity index is 583. The quantitative estimate of drug-likeness (QED) is 0.884. The molecule has 0 atom stereocenters. The van der Waals surface area contributed by atoms with Gasteiger partial charge in [0, 0.05) is 5.39 Å². The molecule has 2 rings (SSSR count). The zero-order valence-corrected chi connectivity index (χ0v) is 10.7. The largest absolute Gasteiger partial charge is 0.494 e. The minimum absolute atomic E-state index is 0.212. The lowest BCUT2D eigenvalue weighted by atomic mass is 10.1. The highest BCUT2D eigenvalue weighted by molar-refractivity contribution is 9.10. The van der Waals surface area contributed by atoms with Crippen LogP contribution in [0.15, 0.2) is 28.9 Å². The summed E-state index contributed by atoms with van der Waals surface area (Å²) < 4.78 is 5.85. The van der Waals surface area contributed by atoms with E-state index in [-0.39, 0.29) is 5.56 Å². The van der Waals surface area contributed by atoms with Crippen molar-refractivity contribution in [3.8, 4) is 5.75 Å². The first-order valence-electron chi connectivity index (χ1n) is 5.08. The molecule has 17 heavy (non-hydrogen) atoms. The third-order valence-corrected chi connectivity index (χ3v) is 2.70. The monoisotopic (exact) mass is 295 g/mol. The van der Waals surface area contributed by atoms with Crippen LogP contribution in [0.1, 0.15) is 17.3 Å². The summed E-state index contributed by atoms with van der Waals surface area (Å²) >= 11 is 3.20. The van der Waals surface area contributed by atoms with Gasteiger partial charge in [-0.05, 0) is 47.1 Å². The molecule has 0 spiro atoms. The maximum absolute atomic E-state index is 11.1. The van der Waals surface area contributed by atoms with Crippen LogP contribution in [-0.2, 0) is 0 Å². The van der Waals surface area contributed by atoms with Crippen LogP contribution in [0.25, 0.3) is 10.9 Å². The summed E-state index contributed by atoms with van der Waals surface area (Å²) in [6, 6.07) is 6.70. The highest BCUT2D eigenvalue weighted by Crippen LogP contribution is 2.25. The zero-order valence-electron chi connectivity index (χ0n) is 9.11. The number of hydrogen-bond donors (Lipinski definition) is 1. The lowest BCUT2D eigenvalue weighted by Gasteiger charge is -2.07. The predicted octanol–water partition coefficient (Wildman–Crippen LogP) is 3.09. The van der Waals surface area contributed by atoms with Crippen molar-refractivity contribution in [2.45, 2.75) is 6.92 Å². The highest BCUT2D eigenvalue weighted by atomic mass is 79.9. The van der Waals surface area contributed by atoms with Gasteiger partial charge in [-0.15, -0.1) is 0 Å². The first-order chi connectivity index (χ1) is 8.11. The molecule has 0 saturated heterocycles. The lowest BCUT2D eigenvalue weighted by Crippen LogP contribution is -2.00. The zero-order chi connectivity index (χ0) is 12.4. The number of aromatic carboxylic acids is 1. The van der Waals surface area contributed by atoms with Crippen molar-refractivity contribution in [2.75, 3.05) is 6.61 Å². The summed E-state index contributed by atoms with van der Waals surface area (Å²) in [6.45, 7) is 2.42. The number of hydrogen-bond acceptors (Lipinski definition) is 3. The minimum Gasteiger partial charge on any atom is -0.494 e. The maximum atomic E-state index is 11.1. The van der Waals surface area contributed by atoms with Crippen molar-refractivity contribution in [3.05, 3.63) is 34.4 Å². The second-order valence-electron chi connectivity index (χ2n) is 3.41. The molecule has 0 unspecified atom stereocenters. The van der Waals surface area contributed by atoms with E-state index in [2.05, 4.69) is 20.9 Å². The van der Waals surface area contributed by atoms with Crippen molar-refractivity contribution in [3.63, 3.8) is 0 Å². The number of rotatable bonds is 3. The van der Waals surface area contributed by atoms with Crippen LogP contribution >= 0.6 is 15.9 Å². The number of nitrogens with zero attached hydrogens (tertiary/aromatic N) is 1. The Kier molecular flexibility index (Phi) is 3.28. The molecule has 4 nitrogen and oxygen atoms in total. The van der Waals surface area contributed by atoms with Crippen LogP contribution in [0.2, 0.25) is 0 Å². The number of halogens is 1. The van der Waals surface area contributed by atoms with E-state index in [1.54, 1.807) is 18.2 Å². The fourth-order valence-electron chi connectivity index (χ4n) is 1.61. The minimum atomic E-state index is -0.980. The summed E-state index contributed by atoms with van der Waals surface area (Å²) in [6.07, 6.45) is 0.